The Kier molecular flexibility index (Phi) is 3.77. The van der Waals surface area contributed by atoms with E-state index in [1.165, 1.54) is 18.8 Å². The molecule has 1 aromatic heterocycles. The molecule has 0 aliphatic carbocycles. The SMILES string of the molecule is CC(C)n1c(=O)n2n(c1=O)C1(c3ccccc3)C(c3ccccc3)=NC2C(=O)N1C. The fourth-order valence-corrected chi connectivity index (χ4v) is 4.58. The molecule has 0 radical (unpaired) electrons. The van der Waals surface area contributed by atoms with Crippen molar-refractivity contribution in [2.75, 3.05) is 7.05 Å². The molecule has 3 aromatic rings. The van der Waals surface area contributed by atoms with Gasteiger partial charge in [0.15, 0.2) is 0 Å². The van der Waals surface area contributed by atoms with Crippen LogP contribution in [0.15, 0.2) is 75.2 Å². The molecule has 2 aromatic carbocycles. The van der Waals surface area contributed by atoms with Crippen molar-refractivity contribution >= 4 is 11.6 Å². The quantitative estimate of drug-likeness (QED) is 0.666. The van der Waals surface area contributed by atoms with Gasteiger partial charge in [0.1, 0.15) is 0 Å². The van der Waals surface area contributed by atoms with Crippen LogP contribution in [-0.4, -0.2) is 37.5 Å². The zero-order valence-electron chi connectivity index (χ0n) is 16.9. The van der Waals surface area contributed by atoms with Gasteiger partial charge in [-0.1, -0.05) is 60.7 Å². The van der Waals surface area contributed by atoms with Crippen molar-refractivity contribution in [3.05, 3.63) is 92.8 Å². The summed E-state index contributed by atoms with van der Waals surface area (Å²) in [7, 11) is 1.66. The summed E-state index contributed by atoms with van der Waals surface area (Å²) in [5.74, 6) is -0.332. The van der Waals surface area contributed by atoms with Crippen molar-refractivity contribution in [2.45, 2.75) is 31.7 Å². The Balaban J connectivity index is 1.98. The highest BCUT2D eigenvalue weighted by molar-refractivity contribution is 6.12. The molecule has 0 saturated heterocycles. The number of hydrogen-bond donors (Lipinski definition) is 0. The molecule has 0 spiro atoms. The first kappa shape index (κ1) is 18.4. The minimum atomic E-state index is -1.37. The molecule has 2 unspecified atom stereocenters. The lowest BCUT2D eigenvalue weighted by Crippen LogP contribution is -2.70. The lowest BCUT2D eigenvalue weighted by atomic mass is 9.85. The molecular weight excluding hydrogens is 382 g/mol. The van der Waals surface area contributed by atoms with Gasteiger partial charge in [-0.15, -0.1) is 0 Å². The largest absolute Gasteiger partial charge is 0.350 e. The van der Waals surface area contributed by atoms with E-state index in [2.05, 4.69) is 0 Å². The fraction of sp³-hybridized carbons (Fsp3) is 0.273. The standard InChI is InChI=1S/C22H21N5O3/c1-14(2)25-20(29)26-18-19(28)24(3)22(27(26)21(25)30,16-12-8-5-9-13-16)17(23-18)15-10-6-4-7-11-15/h4-14,18H,1-3H3. The zero-order valence-corrected chi connectivity index (χ0v) is 16.9. The summed E-state index contributed by atoms with van der Waals surface area (Å²) in [5.41, 5.74) is -0.342. The molecule has 8 nitrogen and oxygen atoms in total. The van der Waals surface area contributed by atoms with Crippen LogP contribution in [-0.2, 0) is 10.5 Å². The Bertz CT molecular complexity index is 1300. The van der Waals surface area contributed by atoms with Crippen LogP contribution in [0.2, 0.25) is 0 Å². The Morgan fingerprint density at radius 1 is 0.900 bits per heavy atom. The molecule has 0 fully saturated rings. The van der Waals surface area contributed by atoms with Crippen LogP contribution in [0.25, 0.3) is 0 Å². The van der Waals surface area contributed by atoms with E-state index in [4.69, 9.17) is 4.99 Å². The van der Waals surface area contributed by atoms with E-state index in [0.717, 1.165) is 5.56 Å². The summed E-state index contributed by atoms with van der Waals surface area (Å²) in [6.45, 7) is 3.55. The van der Waals surface area contributed by atoms with Gasteiger partial charge in [0.2, 0.25) is 11.8 Å². The molecule has 8 heteroatoms. The number of aliphatic imine (C=N–C) groups is 1. The maximum atomic E-state index is 13.6. The Hall–Kier alpha value is -3.68. The van der Waals surface area contributed by atoms with Crippen LogP contribution in [0, 0.1) is 0 Å². The molecule has 2 atom stereocenters. The van der Waals surface area contributed by atoms with Crippen molar-refractivity contribution in [2.24, 2.45) is 4.99 Å². The number of rotatable bonds is 3. The Morgan fingerprint density at radius 3 is 2.10 bits per heavy atom. The minimum absolute atomic E-state index is 0.332. The smallest absolute Gasteiger partial charge is 0.308 e. The number of benzene rings is 2. The summed E-state index contributed by atoms with van der Waals surface area (Å²) in [6, 6.07) is 18.4. The first-order valence-electron chi connectivity index (χ1n) is 9.84. The molecule has 1 amide bonds. The third-order valence-corrected chi connectivity index (χ3v) is 5.90. The zero-order chi connectivity index (χ0) is 21.2. The molecule has 6 rings (SSSR count). The normalized spacial score (nSPS) is 22.4. The predicted molar refractivity (Wildman–Crippen MR) is 112 cm³/mol. The van der Waals surface area contributed by atoms with Crippen LogP contribution >= 0.6 is 0 Å². The topological polar surface area (TPSA) is 81.6 Å². The first-order chi connectivity index (χ1) is 14.4. The average molecular weight is 403 g/mol. The number of amides is 1. The van der Waals surface area contributed by atoms with Crippen LogP contribution < -0.4 is 11.4 Å². The van der Waals surface area contributed by atoms with Gasteiger partial charge in [0.25, 0.3) is 5.91 Å². The van der Waals surface area contributed by atoms with Crippen molar-refractivity contribution < 1.29 is 4.79 Å². The van der Waals surface area contributed by atoms with Crippen molar-refractivity contribution in [3.63, 3.8) is 0 Å². The number of carbonyl (C=O) groups is 1. The summed E-state index contributed by atoms with van der Waals surface area (Å²) in [5, 5.41) is 0. The van der Waals surface area contributed by atoms with E-state index < -0.39 is 23.2 Å². The number of fused-ring (bicyclic) bond motifs is 1. The third kappa shape index (κ3) is 2.05. The van der Waals surface area contributed by atoms with Crippen LogP contribution in [0.3, 0.4) is 0 Å². The molecular formula is C22H21N5O3. The van der Waals surface area contributed by atoms with Gasteiger partial charge in [-0.05, 0) is 13.8 Å². The van der Waals surface area contributed by atoms with E-state index in [1.54, 1.807) is 20.9 Å². The second-order valence-corrected chi connectivity index (χ2v) is 7.84. The highest BCUT2D eigenvalue weighted by atomic mass is 16.2. The molecule has 4 heterocycles. The summed E-state index contributed by atoms with van der Waals surface area (Å²) in [4.78, 5) is 46.3. The van der Waals surface area contributed by atoms with Crippen molar-refractivity contribution in [1.82, 2.24) is 18.8 Å². The van der Waals surface area contributed by atoms with E-state index in [1.807, 2.05) is 60.7 Å². The summed E-state index contributed by atoms with van der Waals surface area (Å²) >= 11 is 0. The maximum Gasteiger partial charge on any atom is 0.350 e. The second-order valence-electron chi connectivity index (χ2n) is 7.84. The van der Waals surface area contributed by atoms with Gasteiger partial charge in [0, 0.05) is 24.2 Å². The molecule has 0 saturated carbocycles. The van der Waals surface area contributed by atoms with Gasteiger partial charge < -0.3 is 4.90 Å². The van der Waals surface area contributed by atoms with E-state index in [0.29, 0.717) is 11.3 Å². The molecule has 0 N–H and O–H groups in total. The minimum Gasteiger partial charge on any atom is -0.308 e. The molecule has 30 heavy (non-hydrogen) atoms. The van der Waals surface area contributed by atoms with Gasteiger partial charge in [0.05, 0.1) is 5.71 Å². The Morgan fingerprint density at radius 2 is 1.50 bits per heavy atom. The monoisotopic (exact) mass is 403 g/mol. The highest BCUT2D eigenvalue weighted by Crippen LogP contribution is 2.42. The summed E-state index contributed by atoms with van der Waals surface area (Å²) < 4.78 is 3.80. The number of hydrogen-bond acceptors (Lipinski definition) is 4. The fourth-order valence-electron chi connectivity index (χ4n) is 4.58. The molecule has 2 bridgehead atoms. The van der Waals surface area contributed by atoms with Crippen molar-refractivity contribution in [1.29, 1.82) is 0 Å². The number of carbonyl (C=O) groups excluding carboxylic acids is 1. The Labute approximate surface area is 172 Å². The predicted octanol–water partition coefficient (Wildman–Crippen LogP) is 1.57. The lowest BCUT2D eigenvalue weighted by Gasteiger charge is -2.51. The number of nitrogens with zero attached hydrogens (tertiary/aromatic N) is 5. The molecule has 3 aliphatic heterocycles. The summed E-state index contributed by atoms with van der Waals surface area (Å²) in [6.07, 6.45) is -1.11. The average Bonchev–Trinajstić information content (AvgIpc) is 3.04. The van der Waals surface area contributed by atoms with Gasteiger partial charge >= 0.3 is 11.4 Å². The highest BCUT2D eigenvalue weighted by Gasteiger charge is 2.59. The third-order valence-electron chi connectivity index (χ3n) is 5.90. The van der Waals surface area contributed by atoms with Crippen LogP contribution in [0.1, 0.15) is 37.2 Å². The van der Waals surface area contributed by atoms with Crippen molar-refractivity contribution in [3.8, 4) is 0 Å². The van der Waals surface area contributed by atoms with Crippen LogP contribution in [0.4, 0.5) is 0 Å². The molecule has 152 valence electrons. The number of aromatic nitrogens is 3. The maximum absolute atomic E-state index is 13.6. The van der Waals surface area contributed by atoms with Gasteiger partial charge in [-0.2, -0.15) is 9.36 Å². The second kappa shape index (κ2) is 6.16. The first-order valence-corrected chi connectivity index (χ1v) is 9.84. The lowest BCUT2D eigenvalue weighted by molar-refractivity contribution is -0.146. The van der Waals surface area contributed by atoms with E-state index in [-0.39, 0.29) is 11.9 Å². The number of likely N-dealkylation sites (N-methyl/N-ethyl adjacent to an activating group) is 1. The van der Waals surface area contributed by atoms with E-state index in [9.17, 15) is 14.4 Å². The van der Waals surface area contributed by atoms with Crippen LogP contribution in [0.5, 0.6) is 0 Å². The van der Waals surface area contributed by atoms with E-state index >= 15 is 0 Å². The van der Waals surface area contributed by atoms with Gasteiger partial charge in [-0.3, -0.25) is 4.79 Å². The molecule has 3 aliphatic rings. The van der Waals surface area contributed by atoms with Gasteiger partial charge in [-0.25, -0.2) is 19.1 Å².